The number of halogens is 1. The fourth-order valence-corrected chi connectivity index (χ4v) is 4.03. The summed E-state index contributed by atoms with van der Waals surface area (Å²) in [5.74, 6) is 0.148. The molecule has 0 saturated carbocycles. The largest absolute Gasteiger partial charge is 0.376 e. The Labute approximate surface area is 158 Å². The molecular formula is C17H20BrN3O3S. The van der Waals surface area contributed by atoms with E-state index in [1.54, 1.807) is 10.6 Å². The lowest BCUT2D eigenvalue weighted by Gasteiger charge is -2.12. The van der Waals surface area contributed by atoms with Crippen LogP contribution in [0.1, 0.15) is 19.8 Å². The number of aromatic nitrogens is 2. The molecule has 0 radical (unpaired) electrons. The molecule has 1 atom stereocenters. The first kappa shape index (κ1) is 18.4. The molecule has 0 aliphatic carbocycles. The second-order valence-electron chi connectivity index (χ2n) is 5.83. The van der Waals surface area contributed by atoms with Crippen molar-refractivity contribution < 1.29 is 9.53 Å². The Morgan fingerprint density at radius 2 is 2.36 bits per heavy atom. The smallest absolute Gasteiger partial charge is 0.262 e. The number of amides is 1. The van der Waals surface area contributed by atoms with Crippen LogP contribution in [0.2, 0.25) is 0 Å². The number of nitrogens with one attached hydrogen (secondary N) is 1. The topological polar surface area (TPSA) is 73.2 Å². The molecule has 25 heavy (non-hydrogen) atoms. The Kier molecular flexibility index (Phi) is 6.14. The predicted molar refractivity (Wildman–Crippen MR) is 102 cm³/mol. The Morgan fingerprint density at radius 1 is 1.52 bits per heavy atom. The summed E-state index contributed by atoms with van der Waals surface area (Å²) in [6, 6.07) is 5.44. The van der Waals surface area contributed by atoms with E-state index in [1.165, 1.54) is 11.8 Å². The molecule has 1 N–H and O–H groups in total. The predicted octanol–water partition coefficient (Wildman–Crippen LogP) is 2.57. The molecule has 8 heteroatoms. The highest BCUT2D eigenvalue weighted by Crippen LogP contribution is 2.20. The first-order valence-electron chi connectivity index (χ1n) is 8.29. The summed E-state index contributed by atoms with van der Waals surface area (Å²) >= 11 is 4.66. The van der Waals surface area contributed by atoms with Crippen LogP contribution in [0, 0.1) is 0 Å². The molecule has 1 saturated heterocycles. The van der Waals surface area contributed by atoms with Crippen molar-refractivity contribution in [2.75, 3.05) is 18.9 Å². The van der Waals surface area contributed by atoms with Gasteiger partial charge in [0.2, 0.25) is 5.91 Å². The number of hydrogen-bond donors (Lipinski definition) is 1. The van der Waals surface area contributed by atoms with Crippen molar-refractivity contribution in [3.05, 3.63) is 33.0 Å². The molecule has 1 aliphatic rings. The molecule has 2 aromatic rings. The number of fused-ring (bicyclic) bond motifs is 1. The zero-order valence-electron chi connectivity index (χ0n) is 14.0. The van der Waals surface area contributed by atoms with Crippen LogP contribution in [-0.2, 0) is 16.1 Å². The van der Waals surface area contributed by atoms with Crippen molar-refractivity contribution in [1.82, 2.24) is 14.9 Å². The van der Waals surface area contributed by atoms with Crippen LogP contribution in [0.3, 0.4) is 0 Å². The Bertz CT molecular complexity index is 834. The van der Waals surface area contributed by atoms with Gasteiger partial charge in [-0.25, -0.2) is 4.98 Å². The van der Waals surface area contributed by atoms with Gasteiger partial charge in [0.15, 0.2) is 5.16 Å². The number of ether oxygens (including phenoxy) is 1. The van der Waals surface area contributed by atoms with E-state index in [9.17, 15) is 9.59 Å². The number of carbonyl (C=O) groups is 1. The highest BCUT2D eigenvalue weighted by atomic mass is 79.9. The van der Waals surface area contributed by atoms with Crippen LogP contribution in [0.25, 0.3) is 10.9 Å². The van der Waals surface area contributed by atoms with Gasteiger partial charge in [0.25, 0.3) is 5.56 Å². The van der Waals surface area contributed by atoms with Crippen LogP contribution in [0.5, 0.6) is 0 Å². The molecule has 0 bridgehead atoms. The molecule has 134 valence electrons. The van der Waals surface area contributed by atoms with E-state index in [-0.39, 0.29) is 23.3 Å². The standard InChI is InChI=1S/C17H20BrN3O3S/c1-2-21-16(23)13-8-11(18)5-6-14(13)20-17(21)25-10-15(22)19-9-12-4-3-7-24-12/h5-6,8,12H,2-4,7,9-10H2,1H3,(H,19,22). The van der Waals surface area contributed by atoms with E-state index in [1.807, 2.05) is 19.1 Å². The van der Waals surface area contributed by atoms with Crippen molar-refractivity contribution >= 4 is 44.5 Å². The minimum absolute atomic E-state index is 0.0756. The van der Waals surface area contributed by atoms with Gasteiger partial charge in [-0.3, -0.25) is 14.2 Å². The van der Waals surface area contributed by atoms with E-state index in [2.05, 4.69) is 26.2 Å². The van der Waals surface area contributed by atoms with E-state index < -0.39 is 0 Å². The highest BCUT2D eigenvalue weighted by Gasteiger charge is 2.17. The lowest BCUT2D eigenvalue weighted by molar-refractivity contribution is -0.119. The third kappa shape index (κ3) is 4.43. The highest BCUT2D eigenvalue weighted by molar-refractivity contribution is 9.10. The Balaban J connectivity index is 1.70. The number of carbonyl (C=O) groups excluding carboxylic acids is 1. The molecule has 1 unspecified atom stereocenters. The van der Waals surface area contributed by atoms with Gasteiger partial charge in [-0.15, -0.1) is 0 Å². The van der Waals surface area contributed by atoms with Crippen LogP contribution in [0.4, 0.5) is 0 Å². The number of nitrogens with zero attached hydrogens (tertiary/aromatic N) is 2. The summed E-state index contributed by atoms with van der Waals surface area (Å²) in [7, 11) is 0. The summed E-state index contributed by atoms with van der Waals surface area (Å²) < 4.78 is 7.94. The monoisotopic (exact) mass is 425 g/mol. The van der Waals surface area contributed by atoms with E-state index >= 15 is 0 Å². The van der Waals surface area contributed by atoms with Gasteiger partial charge in [-0.2, -0.15) is 0 Å². The first-order chi connectivity index (χ1) is 12.1. The Morgan fingerprint density at radius 3 is 3.08 bits per heavy atom. The maximum Gasteiger partial charge on any atom is 0.262 e. The molecule has 0 spiro atoms. The molecule has 6 nitrogen and oxygen atoms in total. The van der Waals surface area contributed by atoms with Crippen molar-refractivity contribution in [3.63, 3.8) is 0 Å². The van der Waals surface area contributed by atoms with E-state index in [0.717, 1.165) is 23.9 Å². The van der Waals surface area contributed by atoms with Crippen LogP contribution < -0.4 is 10.9 Å². The molecule has 3 rings (SSSR count). The fraction of sp³-hybridized carbons (Fsp3) is 0.471. The normalized spacial score (nSPS) is 17.1. The van der Waals surface area contributed by atoms with Gasteiger partial charge >= 0.3 is 0 Å². The average molecular weight is 426 g/mol. The molecule has 1 aromatic carbocycles. The van der Waals surface area contributed by atoms with Crippen LogP contribution in [-0.4, -0.2) is 40.5 Å². The minimum atomic E-state index is -0.0870. The summed E-state index contributed by atoms with van der Waals surface area (Å²) in [4.78, 5) is 29.3. The second kappa shape index (κ2) is 8.33. The van der Waals surface area contributed by atoms with Crippen molar-refractivity contribution in [3.8, 4) is 0 Å². The third-order valence-electron chi connectivity index (χ3n) is 4.08. The molecule has 1 aliphatic heterocycles. The van der Waals surface area contributed by atoms with Gasteiger partial charge in [0.1, 0.15) is 0 Å². The minimum Gasteiger partial charge on any atom is -0.376 e. The van der Waals surface area contributed by atoms with Crippen LogP contribution >= 0.6 is 27.7 Å². The lowest BCUT2D eigenvalue weighted by atomic mass is 10.2. The zero-order chi connectivity index (χ0) is 17.8. The zero-order valence-corrected chi connectivity index (χ0v) is 16.4. The quantitative estimate of drug-likeness (QED) is 0.568. The summed E-state index contributed by atoms with van der Waals surface area (Å²) in [5.41, 5.74) is 0.552. The fourth-order valence-electron chi connectivity index (χ4n) is 2.78. The molecule has 1 amide bonds. The van der Waals surface area contributed by atoms with Gasteiger partial charge in [-0.05, 0) is 38.0 Å². The van der Waals surface area contributed by atoms with Gasteiger partial charge < -0.3 is 10.1 Å². The molecular weight excluding hydrogens is 406 g/mol. The maximum atomic E-state index is 12.6. The van der Waals surface area contributed by atoms with E-state index in [0.29, 0.717) is 29.1 Å². The van der Waals surface area contributed by atoms with Gasteiger partial charge in [0, 0.05) is 24.2 Å². The van der Waals surface area contributed by atoms with Crippen LogP contribution in [0.15, 0.2) is 32.6 Å². The van der Waals surface area contributed by atoms with Crippen molar-refractivity contribution in [2.24, 2.45) is 0 Å². The second-order valence-corrected chi connectivity index (χ2v) is 7.69. The summed E-state index contributed by atoms with van der Waals surface area (Å²) in [6.07, 6.45) is 2.17. The molecule has 2 heterocycles. The third-order valence-corrected chi connectivity index (χ3v) is 5.55. The van der Waals surface area contributed by atoms with E-state index in [4.69, 9.17) is 4.74 Å². The van der Waals surface area contributed by atoms with Crippen molar-refractivity contribution in [2.45, 2.75) is 37.6 Å². The summed E-state index contributed by atoms with van der Waals surface area (Å²) in [6.45, 7) is 3.72. The molecule has 1 aromatic heterocycles. The number of thioether (sulfide) groups is 1. The first-order valence-corrected chi connectivity index (χ1v) is 10.1. The maximum absolute atomic E-state index is 12.6. The lowest BCUT2D eigenvalue weighted by Crippen LogP contribution is -2.33. The Hall–Kier alpha value is -1.38. The number of rotatable bonds is 6. The summed E-state index contributed by atoms with van der Waals surface area (Å²) in [5, 5.41) is 4.02. The van der Waals surface area contributed by atoms with Gasteiger partial charge in [0.05, 0.1) is 22.8 Å². The average Bonchev–Trinajstić information content (AvgIpc) is 3.12. The SMILES string of the molecule is CCn1c(SCC(=O)NCC2CCCO2)nc2ccc(Br)cc2c1=O. The number of benzene rings is 1. The van der Waals surface area contributed by atoms with Gasteiger partial charge in [-0.1, -0.05) is 27.7 Å². The molecule has 1 fully saturated rings. The number of hydrogen-bond acceptors (Lipinski definition) is 5. The van der Waals surface area contributed by atoms with Crippen molar-refractivity contribution in [1.29, 1.82) is 0 Å².